The first-order chi connectivity index (χ1) is 7.79. The van der Waals surface area contributed by atoms with Gasteiger partial charge in [-0.2, -0.15) is 5.26 Å². The second kappa shape index (κ2) is 3.57. The summed E-state index contributed by atoms with van der Waals surface area (Å²) in [6.45, 7) is 0. The topological polar surface area (TPSA) is 35.8 Å². The first-order valence-electron chi connectivity index (χ1n) is 5.64. The van der Waals surface area contributed by atoms with Crippen LogP contribution in [0.4, 0.5) is 5.69 Å². The third-order valence-electron chi connectivity index (χ3n) is 3.69. The molecule has 0 bridgehead atoms. The molecule has 1 fully saturated rings. The van der Waals surface area contributed by atoms with E-state index in [-0.39, 0.29) is 0 Å². The van der Waals surface area contributed by atoms with E-state index in [0.717, 1.165) is 16.2 Å². The number of fused-ring (bicyclic) bond motifs is 3. The molecule has 1 N–H and O–H groups in total. The molecule has 3 rings (SSSR count). The van der Waals surface area contributed by atoms with Crippen LogP contribution >= 0.6 is 12.2 Å². The van der Waals surface area contributed by atoms with Crippen molar-refractivity contribution >= 4 is 22.9 Å². The monoisotopic (exact) mass is 228 g/mol. The summed E-state index contributed by atoms with van der Waals surface area (Å²) in [6.07, 6.45) is 3.63. The number of nitrogens with zero attached hydrogens (tertiary/aromatic N) is 1. The van der Waals surface area contributed by atoms with Gasteiger partial charge in [0.25, 0.3) is 0 Å². The van der Waals surface area contributed by atoms with E-state index in [0.29, 0.717) is 11.8 Å². The number of nitriles is 1. The molecule has 2 atom stereocenters. The summed E-state index contributed by atoms with van der Waals surface area (Å²) in [4.78, 5) is 0.986. The molecule has 80 valence electrons. The fraction of sp³-hybridized carbons (Fsp3) is 0.385. The highest BCUT2D eigenvalue weighted by Crippen LogP contribution is 2.46. The van der Waals surface area contributed by atoms with Gasteiger partial charge in [0.2, 0.25) is 0 Å². The molecule has 2 unspecified atom stereocenters. The van der Waals surface area contributed by atoms with E-state index in [1.165, 1.54) is 24.8 Å². The number of anilines is 1. The fourth-order valence-corrected chi connectivity index (χ4v) is 3.32. The maximum atomic E-state index is 8.94. The zero-order valence-electron chi connectivity index (χ0n) is 8.86. The number of hydrogen-bond donors (Lipinski definition) is 1. The van der Waals surface area contributed by atoms with Gasteiger partial charge >= 0.3 is 0 Å². The van der Waals surface area contributed by atoms with Gasteiger partial charge in [-0.1, -0.05) is 18.6 Å². The van der Waals surface area contributed by atoms with Crippen LogP contribution in [-0.2, 0) is 0 Å². The van der Waals surface area contributed by atoms with E-state index < -0.39 is 0 Å². The highest BCUT2D eigenvalue weighted by Gasteiger charge is 2.36. The van der Waals surface area contributed by atoms with Crippen molar-refractivity contribution in [3.63, 3.8) is 0 Å². The van der Waals surface area contributed by atoms with Gasteiger partial charge in [0.1, 0.15) is 0 Å². The standard InChI is InChI=1S/C13H12N2S/c14-7-8-4-5-12-11(6-8)9-2-1-3-10(9)13(16)15-12/h4-6,9-10H,1-3H2,(H,15,16). The molecule has 1 aromatic rings. The van der Waals surface area contributed by atoms with Gasteiger partial charge in [-0.25, -0.2) is 0 Å². The van der Waals surface area contributed by atoms with Crippen LogP contribution in [0.1, 0.15) is 36.3 Å². The molecule has 3 heteroatoms. The van der Waals surface area contributed by atoms with Crippen LogP contribution in [0.2, 0.25) is 0 Å². The minimum Gasteiger partial charge on any atom is -0.350 e. The number of nitrogens with one attached hydrogen (secondary N) is 1. The number of hydrogen-bond acceptors (Lipinski definition) is 2. The lowest BCUT2D eigenvalue weighted by Crippen LogP contribution is -2.29. The highest BCUT2D eigenvalue weighted by atomic mass is 32.1. The molecule has 0 aromatic heterocycles. The lowest BCUT2D eigenvalue weighted by molar-refractivity contribution is 0.621. The van der Waals surface area contributed by atoms with Gasteiger partial charge in [0, 0.05) is 11.6 Å². The zero-order chi connectivity index (χ0) is 11.1. The van der Waals surface area contributed by atoms with Gasteiger partial charge in [0.05, 0.1) is 16.6 Å². The Morgan fingerprint density at radius 2 is 2.12 bits per heavy atom. The van der Waals surface area contributed by atoms with Crippen molar-refractivity contribution in [2.24, 2.45) is 5.92 Å². The summed E-state index contributed by atoms with van der Waals surface area (Å²) in [5.41, 5.74) is 3.14. The van der Waals surface area contributed by atoms with Crippen molar-refractivity contribution in [2.45, 2.75) is 25.2 Å². The molecule has 2 nitrogen and oxygen atoms in total. The lowest BCUT2D eigenvalue weighted by atomic mass is 9.84. The van der Waals surface area contributed by atoms with Crippen molar-refractivity contribution in [3.05, 3.63) is 29.3 Å². The Balaban J connectivity index is 2.12. The third-order valence-corrected chi connectivity index (χ3v) is 4.10. The van der Waals surface area contributed by atoms with Crippen molar-refractivity contribution in [1.29, 1.82) is 5.26 Å². The zero-order valence-corrected chi connectivity index (χ0v) is 9.68. The summed E-state index contributed by atoms with van der Waals surface area (Å²) in [5.74, 6) is 1.04. The number of benzene rings is 1. The molecule has 16 heavy (non-hydrogen) atoms. The van der Waals surface area contributed by atoms with Crippen LogP contribution in [0.15, 0.2) is 18.2 Å². The number of thiocarbonyl (C=S) groups is 1. The van der Waals surface area contributed by atoms with E-state index >= 15 is 0 Å². The van der Waals surface area contributed by atoms with E-state index in [1.807, 2.05) is 18.2 Å². The highest BCUT2D eigenvalue weighted by molar-refractivity contribution is 7.80. The molecule has 2 aliphatic rings. The second-order valence-electron chi connectivity index (χ2n) is 4.55. The molecule has 0 spiro atoms. The first kappa shape index (κ1) is 9.80. The number of rotatable bonds is 0. The Kier molecular flexibility index (Phi) is 2.19. The van der Waals surface area contributed by atoms with E-state index in [4.69, 9.17) is 17.5 Å². The van der Waals surface area contributed by atoms with E-state index in [9.17, 15) is 0 Å². The Hall–Kier alpha value is -1.40. The van der Waals surface area contributed by atoms with Gasteiger partial charge in [-0.15, -0.1) is 0 Å². The largest absolute Gasteiger partial charge is 0.350 e. The molecule has 1 heterocycles. The maximum Gasteiger partial charge on any atom is 0.0991 e. The van der Waals surface area contributed by atoms with Crippen LogP contribution in [-0.4, -0.2) is 4.99 Å². The first-order valence-corrected chi connectivity index (χ1v) is 6.05. The maximum absolute atomic E-state index is 8.94. The average Bonchev–Trinajstić information content (AvgIpc) is 2.78. The predicted octanol–water partition coefficient (Wildman–Crippen LogP) is 3.19. The molecule has 1 aliphatic heterocycles. The quantitative estimate of drug-likeness (QED) is 0.693. The molecule has 0 amide bonds. The lowest BCUT2D eigenvalue weighted by Gasteiger charge is -2.30. The van der Waals surface area contributed by atoms with Crippen molar-refractivity contribution in [2.75, 3.05) is 5.32 Å². The van der Waals surface area contributed by atoms with Crippen LogP contribution in [0.5, 0.6) is 0 Å². The fourth-order valence-electron chi connectivity index (χ4n) is 2.92. The molecular weight excluding hydrogens is 216 g/mol. The average molecular weight is 228 g/mol. The Morgan fingerprint density at radius 1 is 1.31 bits per heavy atom. The Morgan fingerprint density at radius 3 is 2.94 bits per heavy atom. The minimum atomic E-state index is 0.497. The SMILES string of the molecule is N#Cc1ccc2c(c1)C1CCCC1C(=S)N2. The molecule has 1 aliphatic carbocycles. The van der Waals surface area contributed by atoms with Crippen LogP contribution in [0.25, 0.3) is 0 Å². The Labute approximate surface area is 100 Å². The van der Waals surface area contributed by atoms with Crippen molar-refractivity contribution in [1.82, 2.24) is 0 Å². The third kappa shape index (κ3) is 1.34. The van der Waals surface area contributed by atoms with Gasteiger partial charge in [-0.3, -0.25) is 0 Å². The molecule has 1 saturated carbocycles. The Bertz CT molecular complexity index is 501. The molecule has 0 radical (unpaired) electrons. The molecular formula is C13H12N2S. The van der Waals surface area contributed by atoms with Crippen molar-refractivity contribution < 1.29 is 0 Å². The van der Waals surface area contributed by atoms with Gasteiger partial charge in [0.15, 0.2) is 0 Å². The predicted molar refractivity (Wildman–Crippen MR) is 67.5 cm³/mol. The van der Waals surface area contributed by atoms with Crippen LogP contribution in [0.3, 0.4) is 0 Å². The molecule has 1 aromatic carbocycles. The van der Waals surface area contributed by atoms with Crippen LogP contribution in [0, 0.1) is 17.2 Å². The normalized spacial score (nSPS) is 26.6. The minimum absolute atomic E-state index is 0.497. The summed E-state index contributed by atoms with van der Waals surface area (Å²) in [5, 5.41) is 12.2. The summed E-state index contributed by atoms with van der Waals surface area (Å²) in [7, 11) is 0. The summed E-state index contributed by atoms with van der Waals surface area (Å²) < 4.78 is 0. The smallest absolute Gasteiger partial charge is 0.0991 e. The van der Waals surface area contributed by atoms with Gasteiger partial charge in [-0.05, 0) is 42.5 Å². The summed E-state index contributed by atoms with van der Waals surface area (Å²) in [6, 6.07) is 8.06. The second-order valence-corrected chi connectivity index (χ2v) is 4.99. The van der Waals surface area contributed by atoms with Crippen LogP contribution < -0.4 is 5.32 Å². The molecule has 0 saturated heterocycles. The summed E-state index contributed by atoms with van der Waals surface area (Å²) >= 11 is 5.40. The van der Waals surface area contributed by atoms with E-state index in [2.05, 4.69) is 11.4 Å². The van der Waals surface area contributed by atoms with Gasteiger partial charge < -0.3 is 5.32 Å². The van der Waals surface area contributed by atoms with E-state index in [1.54, 1.807) is 0 Å². The van der Waals surface area contributed by atoms with Crippen molar-refractivity contribution in [3.8, 4) is 6.07 Å².